The third-order valence-electron chi connectivity index (χ3n) is 3.75. The molecule has 3 nitrogen and oxygen atoms in total. The molecule has 0 aromatic heterocycles. The lowest BCUT2D eigenvalue weighted by molar-refractivity contribution is 0.276. The molecule has 1 aromatic carbocycles. The minimum absolute atomic E-state index is 0.515. The minimum Gasteiger partial charge on any atom is -0.369 e. The van der Waals surface area contributed by atoms with Crippen molar-refractivity contribution in [1.29, 1.82) is 0 Å². The quantitative estimate of drug-likeness (QED) is 0.815. The highest BCUT2D eigenvalue weighted by Crippen LogP contribution is 2.20. The van der Waals surface area contributed by atoms with Crippen molar-refractivity contribution < 1.29 is 0 Å². The Morgan fingerprint density at radius 2 is 2.00 bits per heavy atom. The lowest BCUT2D eigenvalue weighted by atomic mass is 10.2. The van der Waals surface area contributed by atoms with Gasteiger partial charge in [-0.1, -0.05) is 38.1 Å². The van der Waals surface area contributed by atoms with Crippen LogP contribution in [0.15, 0.2) is 36.4 Å². The fraction of sp³-hybridized carbons (Fsp3) is 0.529. The summed E-state index contributed by atoms with van der Waals surface area (Å²) < 4.78 is 0. The minimum atomic E-state index is 0.515. The van der Waals surface area contributed by atoms with Crippen molar-refractivity contribution in [3.05, 3.63) is 41.4 Å². The van der Waals surface area contributed by atoms with Crippen LogP contribution in [0.1, 0.15) is 13.8 Å². The molecule has 0 bridgehead atoms. The molecular formula is C17H26ClN3. The van der Waals surface area contributed by atoms with Crippen LogP contribution in [0.25, 0.3) is 0 Å². The van der Waals surface area contributed by atoms with Crippen LogP contribution in [-0.4, -0.2) is 50.2 Å². The SMILES string of the molecule is C=C(CNC(C)C)CN1CCN(c2cccc(Cl)c2)CC1. The third kappa shape index (κ3) is 5.34. The van der Waals surface area contributed by atoms with Crippen LogP contribution < -0.4 is 10.2 Å². The second-order valence-corrected chi connectivity index (χ2v) is 6.47. The second kappa shape index (κ2) is 7.83. The number of benzene rings is 1. The maximum absolute atomic E-state index is 6.07. The standard InChI is InChI=1S/C17H26ClN3/c1-14(2)19-12-15(3)13-20-7-9-21(10-8-20)17-6-4-5-16(18)11-17/h4-6,11,14,19H,3,7-10,12-13H2,1-2H3. The summed E-state index contributed by atoms with van der Waals surface area (Å²) in [6.07, 6.45) is 0. The lowest BCUT2D eigenvalue weighted by Gasteiger charge is -2.36. The van der Waals surface area contributed by atoms with Crippen LogP contribution in [-0.2, 0) is 0 Å². The van der Waals surface area contributed by atoms with Crippen molar-refractivity contribution in [2.75, 3.05) is 44.2 Å². The molecule has 1 aliphatic heterocycles. The van der Waals surface area contributed by atoms with Gasteiger partial charge in [-0.05, 0) is 23.8 Å². The van der Waals surface area contributed by atoms with Gasteiger partial charge in [0.2, 0.25) is 0 Å². The summed E-state index contributed by atoms with van der Waals surface area (Å²) in [6.45, 7) is 14.6. The van der Waals surface area contributed by atoms with E-state index in [4.69, 9.17) is 11.6 Å². The van der Waals surface area contributed by atoms with E-state index in [-0.39, 0.29) is 0 Å². The fourth-order valence-corrected chi connectivity index (χ4v) is 2.74. The van der Waals surface area contributed by atoms with E-state index < -0.39 is 0 Å². The van der Waals surface area contributed by atoms with Gasteiger partial charge in [0.15, 0.2) is 0 Å². The van der Waals surface area contributed by atoms with Gasteiger partial charge in [0, 0.05) is 56.0 Å². The summed E-state index contributed by atoms with van der Waals surface area (Å²) in [4.78, 5) is 4.88. The molecule has 21 heavy (non-hydrogen) atoms. The highest BCUT2D eigenvalue weighted by atomic mass is 35.5. The van der Waals surface area contributed by atoms with Gasteiger partial charge in [0.25, 0.3) is 0 Å². The monoisotopic (exact) mass is 307 g/mol. The van der Waals surface area contributed by atoms with Gasteiger partial charge in [-0.15, -0.1) is 0 Å². The molecule has 116 valence electrons. The Morgan fingerprint density at radius 1 is 1.29 bits per heavy atom. The first kappa shape index (κ1) is 16.3. The topological polar surface area (TPSA) is 18.5 Å². The normalized spacial score (nSPS) is 16.5. The Kier molecular flexibility index (Phi) is 6.09. The fourth-order valence-electron chi connectivity index (χ4n) is 2.56. The summed E-state index contributed by atoms with van der Waals surface area (Å²) in [5.41, 5.74) is 2.49. The van der Waals surface area contributed by atoms with Crippen molar-refractivity contribution >= 4 is 17.3 Å². The molecule has 1 heterocycles. The van der Waals surface area contributed by atoms with Crippen LogP contribution in [0.4, 0.5) is 5.69 Å². The summed E-state index contributed by atoms with van der Waals surface area (Å²) in [7, 11) is 0. The number of piperazine rings is 1. The molecule has 1 aliphatic rings. The van der Waals surface area contributed by atoms with Crippen LogP contribution in [0, 0.1) is 0 Å². The molecule has 0 radical (unpaired) electrons. The zero-order valence-corrected chi connectivity index (χ0v) is 13.9. The van der Waals surface area contributed by atoms with E-state index in [0.29, 0.717) is 6.04 Å². The van der Waals surface area contributed by atoms with Crippen molar-refractivity contribution in [2.24, 2.45) is 0 Å². The summed E-state index contributed by atoms with van der Waals surface area (Å²) in [6, 6.07) is 8.63. The molecule has 4 heteroatoms. The molecule has 1 N–H and O–H groups in total. The zero-order valence-electron chi connectivity index (χ0n) is 13.1. The van der Waals surface area contributed by atoms with Gasteiger partial charge < -0.3 is 10.2 Å². The summed E-state index contributed by atoms with van der Waals surface area (Å²) in [5, 5.41) is 4.23. The number of rotatable bonds is 6. The van der Waals surface area contributed by atoms with Crippen molar-refractivity contribution in [3.63, 3.8) is 0 Å². The van der Waals surface area contributed by atoms with Crippen molar-refractivity contribution in [1.82, 2.24) is 10.2 Å². The number of anilines is 1. The number of hydrogen-bond donors (Lipinski definition) is 1. The largest absolute Gasteiger partial charge is 0.369 e. The van der Waals surface area contributed by atoms with E-state index in [1.54, 1.807) is 0 Å². The van der Waals surface area contributed by atoms with Gasteiger partial charge in [-0.3, -0.25) is 4.90 Å². The van der Waals surface area contributed by atoms with E-state index in [1.807, 2.05) is 18.2 Å². The van der Waals surface area contributed by atoms with Crippen LogP contribution in [0.3, 0.4) is 0 Å². The summed E-state index contributed by atoms with van der Waals surface area (Å²) in [5.74, 6) is 0. The smallest absolute Gasteiger partial charge is 0.0426 e. The van der Waals surface area contributed by atoms with Gasteiger partial charge in [-0.25, -0.2) is 0 Å². The number of hydrogen-bond acceptors (Lipinski definition) is 3. The van der Waals surface area contributed by atoms with Gasteiger partial charge >= 0.3 is 0 Å². The molecule has 1 aromatic rings. The molecule has 0 saturated carbocycles. The highest BCUT2D eigenvalue weighted by Gasteiger charge is 2.17. The molecule has 1 fully saturated rings. The number of nitrogens with zero attached hydrogens (tertiary/aromatic N) is 2. The first-order chi connectivity index (χ1) is 10.0. The molecule has 0 amide bonds. The Hall–Kier alpha value is -1.03. The van der Waals surface area contributed by atoms with Gasteiger partial charge in [0.1, 0.15) is 0 Å². The van der Waals surface area contributed by atoms with E-state index in [0.717, 1.165) is 44.3 Å². The third-order valence-corrected chi connectivity index (χ3v) is 3.99. The lowest BCUT2D eigenvalue weighted by Crippen LogP contribution is -2.47. The molecule has 0 atom stereocenters. The van der Waals surface area contributed by atoms with Crippen LogP contribution in [0.5, 0.6) is 0 Å². The molecule has 0 aliphatic carbocycles. The zero-order chi connectivity index (χ0) is 15.2. The van der Waals surface area contributed by atoms with Gasteiger partial charge in [-0.2, -0.15) is 0 Å². The highest BCUT2D eigenvalue weighted by molar-refractivity contribution is 6.30. The molecular weight excluding hydrogens is 282 g/mol. The first-order valence-corrected chi connectivity index (χ1v) is 8.05. The summed E-state index contributed by atoms with van der Waals surface area (Å²) >= 11 is 6.07. The second-order valence-electron chi connectivity index (χ2n) is 6.03. The molecule has 0 unspecified atom stereocenters. The number of nitrogens with one attached hydrogen (secondary N) is 1. The molecule has 0 spiro atoms. The van der Waals surface area contributed by atoms with E-state index in [1.165, 1.54) is 11.3 Å². The first-order valence-electron chi connectivity index (χ1n) is 7.67. The van der Waals surface area contributed by atoms with Crippen LogP contribution >= 0.6 is 11.6 Å². The van der Waals surface area contributed by atoms with E-state index in [2.05, 4.69) is 41.6 Å². The predicted molar refractivity (Wildman–Crippen MR) is 92.4 cm³/mol. The average molecular weight is 308 g/mol. The maximum Gasteiger partial charge on any atom is 0.0426 e. The molecule has 2 rings (SSSR count). The maximum atomic E-state index is 6.07. The van der Waals surface area contributed by atoms with Crippen LogP contribution in [0.2, 0.25) is 5.02 Å². The van der Waals surface area contributed by atoms with Gasteiger partial charge in [0.05, 0.1) is 0 Å². The Morgan fingerprint density at radius 3 is 2.62 bits per heavy atom. The van der Waals surface area contributed by atoms with E-state index >= 15 is 0 Å². The number of halogens is 1. The Balaban J connectivity index is 1.77. The average Bonchev–Trinajstić information content (AvgIpc) is 2.46. The Labute approximate surface area is 133 Å². The van der Waals surface area contributed by atoms with Crippen molar-refractivity contribution in [3.8, 4) is 0 Å². The van der Waals surface area contributed by atoms with E-state index in [9.17, 15) is 0 Å². The predicted octanol–water partition coefficient (Wildman–Crippen LogP) is 3.02. The Bertz CT molecular complexity index is 465. The van der Waals surface area contributed by atoms with Crippen molar-refractivity contribution in [2.45, 2.75) is 19.9 Å². The molecule has 1 saturated heterocycles.